The largest absolute Gasteiger partial charge is 0.345 e. The lowest BCUT2D eigenvalue weighted by Crippen LogP contribution is -2.27. The topological polar surface area (TPSA) is 71.8 Å². The Hall–Kier alpha value is -3.81. The van der Waals surface area contributed by atoms with E-state index in [1.807, 2.05) is 68.4 Å². The number of nitrogens with zero attached hydrogens (tertiary/aromatic N) is 3. The van der Waals surface area contributed by atoms with Crippen LogP contribution in [-0.4, -0.2) is 20.7 Å². The molecule has 1 atom stereocenters. The number of aromatic nitrogens is 3. The van der Waals surface area contributed by atoms with Gasteiger partial charge in [-0.1, -0.05) is 36.4 Å². The van der Waals surface area contributed by atoms with E-state index in [-0.39, 0.29) is 11.9 Å². The van der Waals surface area contributed by atoms with Gasteiger partial charge in [-0.15, -0.1) is 11.3 Å². The number of rotatable bonds is 8. The molecule has 2 heterocycles. The number of nitrogens with one attached hydrogen (secondary N) is 2. The normalized spacial score (nSPS) is 12.1. The number of thiazole rings is 1. The summed E-state index contributed by atoms with van der Waals surface area (Å²) in [5.74, 6) is -0.0714. The predicted octanol–water partition coefficient (Wildman–Crippen LogP) is 5.79. The van der Waals surface area contributed by atoms with E-state index >= 15 is 0 Å². The van der Waals surface area contributed by atoms with Gasteiger partial charge in [0.05, 0.1) is 23.4 Å². The van der Waals surface area contributed by atoms with Gasteiger partial charge in [0.2, 0.25) is 0 Å². The zero-order valence-corrected chi connectivity index (χ0v) is 21.5. The van der Waals surface area contributed by atoms with Gasteiger partial charge in [-0.05, 0) is 65.1 Å². The van der Waals surface area contributed by atoms with Crippen LogP contribution in [-0.2, 0) is 20.1 Å². The van der Waals surface area contributed by atoms with Crippen molar-refractivity contribution in [2.45, 2.75) is 33.0 Å². The molecule has 182 valence electrons. The zero-order chi connectivity index (χ0) is 25.1. The summed E-state index contributed by atoms with van der Waals surface area (Å²) in [5, 5.41) is 15.3. The average molecular weight is 496 g/mol. The molecule has 1 amide bonds. The second-order valence-corrected chi connectivity index (χ2v) is 9.84. The molecule has 0 bridgehead atoms. The Bertz CT molecular complexity index is 1510. The lowest BCUT2D eigenvalue weighted by atomic mass is 9.94. The molecule has 0 radical (unpaired) electrons. The number of carbonyl (C=O) groups excluding carboxylic acids is 1. The third kappa shape index (κ3) is 5.22. The number of carbonyl (C=O) groups is 1. The molecule has 0 spiro atoms. The monoisotopic (exact) mass is 495 g/mol. The van der Waals surface area contributed by atoms with Gasteiger partial charge in [0.25, 0.3) is 5.91 Å². The van der Waals surface area contributed by atoms with Crippen LogP contribution < -0.4 is 10.6 Å². The van der Waals surface area contributed by atoms with Crippen molar-refractivity contribution in [1.29, 1.82) is 0 Å². The Morgan fingerprint density at radius 2 is 1.94 bits per heavy atom. The lowest BCUT2D eigenvalue weighted by molar-refractivity contribution is 0.0939. The molecule has 2 N–H and O–H groups in total. The minimum atomic E-state index is -0.169. The number of hydrogen-bond acceptors (Lipinski definition) is 5. The smallest absolute Gasteiger partial charge is 0.252 e. The molecule has 0 aliphatic rings. The SMILES string of the molecule is Cc1cc(CNCc2cscn2)ccc1C(=O)NC(C)c1cc(-c2cnn(C)c2)cc2ccccc12. The van der Waals surface area contributed by atoms with Crippen LogP contribution in [0.1, 0.15) is 45.7 Å². The molecule has 0 fully saturated rings. The number of aryl methyl sites for hydroxylation is 2. The van der Waals surface area contributed by atoms with Gasteiger partial charge in [0.15, 0.2) is 0 Å². The molecule has 6 nitrogen and oxygen atoms in total. The Morgan fingerprint density at radius 1 is 1.08 bits per heavy atom. The van der Waals surface area contributed by atoms with Gasteiger partial charge >= 0.3 is 0 Å². The first-order valence-corrected chi connectivity index (χ1v) is 12.9. The second-order valence-electron chi connectivity index (χ2n) is 9.12. The molecule has 1 unspecified atom stereocenters. The Kier molecular flexibility index (Phi) is 6.93. The quantitative estimate of drug-likeness (QED) is 0.286. The zero-order valence-electron chi connectivity index (χ0n) is 20.7. The van der Waals surface area contributed by atoms with Gasteiger partial charge < -0.3 is 10.6 Å². The molecule has 7 heteroatoms. The fourth-order valence-corrected chi connectivity index (χ4v) is 5.10. The molecule has 3 aromatic carbocycles. The van der Waals surface area contributed by atoms with Crippen molar-refractivity contribution in [2.24, 2.45) is 7.05 Å². The van der Waals surface area contributed by atoms with Crippen molar-refractivity contribution in [3.05, 3.63) is 106 Å². The number of benzene rings is 3. The number of hydrogen-bond donors (Lipinski definition) is 2. The van der Waals surface area contributed by atoms with Gasteiger partial charge in [-0.25, -0.2) is 4.98 Å². The van der Waals surface area contributed by atoms with Crippen LogP contribution in [0.4, 0.5) is 0 Å². The molecule has 36 heavy (non-hydrogen) atoms. The summed E-state index contributed by atoms with van der Waals surface area (Å²) in [7, 11) is 1.92. The first kappa shape index (κ1) is 23.9. The molecular weight excluding hydrogens is 466 g/mol. The fraction of sp³-hybridized carbons (Fsp3) is 0.207. The Labute approximate surface area is 215 Å². The first-order valence-electron chi connectivity index (χ1n) is 12.0. The van der Waals surface area contributed by atoms with Crippen LogP contribution in [0.5, 0.6) is 0 Å². The Morgan fingerprint density at radius 3 is 2.69 bits per heavy atom. The molecular formula is C29H29N5OS. The maximum absolute atomic E-state index is 13.3. The minimum Gasteiger partial charge on any atom is -0.345 e. The van der Waals surface area contributed by atoms with E-state index in [1.165, 1.54) is 0 Å². The summed E-state index contributed by atoms with van der Waals surface area (Å²) in [6.45, 7) is 5.49. The first-order chi connectivity index (χ1) is 17.5. The van der Waals surface area contributed by atoms with E-state index < -0.39 is 0 Å². The van der Waals surface area contributed by atoms with Crippen molar-refractivity contribution < 1.29 is 4.79 Å². The fourth-order valence-electron chi connectivity index (χ4n) is 4.54. The van der Waals surface area contributed by atoms with Crippen molar-refractivity contribution in [1.82, 2.24) is 25.4 Å². The van der Waals surface area contributed by atoms with Gasteiger partial charge in [0, 0.05) is 42.8 Å². The number of fused-ring (bicyclic) bond motifs is 1. The molecule has 0 saturated heterocycles. The van der Waals surface area contributed by atoms with Crippen LogP contribution in [0.15, 0.2) is 77.9 Å². The highest BCUT2D eigenvalue weighted by Gasteiger charge is 2.17. The molecule has 0 aliphatic carbocycles. The van der Waals surface area contributed by atoms with E-state index in [0.29, 0.717) is 5.56 Å². The summed E-state index contributed by atoms with van der Waals surface area (Å²) in [6, 6.07) is 18.5. The molecule has 0 aliphatic heterocycles. The van der Waals surface area contributed by atoms with Crippen LogP contribution >= 0.6 is 11.3 Å². The van der Waals surface area contributed by atoms with E-state index in [1.54, 1.807) is 16.0 Å². The van der Waals surface area contributed by atoms with Crippen molar-refractivity contribution >= 4 is 28.0 Å². The molecule has 0 saturated carbocycles. The van der Waals surface area contributed by atoms with Crippen molar-refractivity contribution in [3.63, 3.8) is 0 Å². The van der Waals surface area contributed by atoms with E-state index in [0.717, 1.165) is 57.4 Å². The van der Waals surface area contributed by atoms with E-state index in [4.69, 9.17) is 0 Å². The van der Waals surface area contributed by atoms with Crippen LogP contribution in [0.25, 0.3) is 21.9 Å². The van der Waals surface area contributed by atoms with E-state index in [9.17, 15) is 4.79 Å². The summed E-state index contributed by atoms with van der Waals surface area (Å²) in [4.78, 5) is 17.6. The van der Waals surface area contributed by atoms with E-state index in [2.05, 4.69) is 51.0 Å². The minimum absolute atomic E-state index is 0.0714. The summed E-state index contributed by atoms with van der Waals surface area (Å²) in [6.07, 6.45) is 3.88. The summed E-state index contributed by atoms with van der Waals surface area (Å²) < 4.78 is 1.80. The molecule has 5 rings (SSSR count). The number of amides is 1. The highest BCUT2D eigenvalue weighted by molar-refractivity contribution is 7.07. The van der Waals surface area contributed by atoms with Crippen LogP contribution in [0.2, 0.25) is 0 Å². The van der Waals surface area contributed by atoms with Crippen LogP contribution in [0.3, 0.4) is 0 Å². The second kappa shape index (κ2) is 10.4. The highest BCUT2D eigenvalue weighted by Crippen LogP contribution is 2.31. The average Bonchev–Trinajstić information content (AvgIpc) is 3.55. The third-order valence-corrected chi connectivity index (χ3v) is 7.04. The van der Waals surface area contributed by atoms with Crippen molar-refractivity contribution in [2.75, 3.05) is 0 Å². The molecule has 2 aromatic heterocycles. The standard InChI is InChI=1S/C29H29N5OS/c1-19-10-21(13-30-15-25-17-36-18-31-25)8-9-26(19)29(35)33-20(2)28-12-23(24-14-32-34(3)16-24)11-22-6-4-5-7-27(22)28/h4-12,14,16-18,20,30H,13,15H2,1-3H3,(H,33,35). The maximum atomic E-state index is 13.3. The molecule has 5 aromatic rings. The van der Waals surface area contributed by atoms with Gasteiger partial charge in [0.1, 0.15) is 0 Å². The van der Waals surface area contributed by atoms with Crippen molar-refractivity contribution in [3.8, 4) is 11.1 Å². The predicted molar refractivity (Wildman–Crippen MR) is 146 cm³/mol. The summed E-state index contributed by atoms with van der Waals surface area (Å²) in [5.41, 5.74) is 8.90. The Balaban J connectivity index is 1.33. The van der Waals surface area contributed by atoms with Gasteiger partial charge in [-0.3, -0.25) is 9.48 Å². The maximum Gasteiger partial charge on any atom is 0.252 e. The van der Waals surface area contributed by atoms with Crippen LogP contribution in [0, 0.1) is 6.92 Å². The summed E-state index contributed by atoms with van der Waals surface area (Å²) >= 11 is 1.60. The van der Waals surface area contributed by atoms with Gasteiger partial charge in [-0.2, -0.15) is 5.10 Å². The highest BCUT2D eigenvalue weighted by atomic mass is 32.1. The lowest BCUT2D eigenvalue weighted by Gasteiger charge is -2.19. The third-order valence-electron chi connectivity index (χ3n) is 6.40.